The van der Waals surface area contributed by atoms with Gasteiger partial charge in [-0.15, -0.1) is 0 Å². The highest BCUT2D eigenvalue weighted by molar-refractivity contribution is 6.04. The van der Waals surface area contributed by atoms with E-state index in [1.165, 1.54) is 0 Å². The number of rotatable bonds is 7. The van der Waals surface area contributed by atoms with Gasteiger partial charge in [-0.2, -0.15) is 0 Å². The van der Waals surface area contributed by atoms with Gasteiger partial charge < -0.3 is 15.5 Å². The van der Waals surface area contributed by atoms with Crippen molar-refractivity contribution in [3.63, 3.8) is 0 Å². The van der Waals surface area contributed by atoms with Crippen molar-refractivity contribution in [1.29, 1.82) is 0 Å². The fourth-order valence-corrected chi connectivity index (χ4v) is 3.21. The maximum absolute atomic E-state index is 12.5. The molecule has 6 nitrogen and oxygen atoms in total. The molecular weight excluding hydrogens is 302 g/mol. The molecule has 128 valence electrons. The second kappa shape index (κ2) is 7.05. The van der Waals surface area contributed by atoms with Crippen LogP contribution in [-0.4, -0.2) is 16.1 Å². The van der Waals surface area contributed by atoms with E-state index in [0.29, 0.717) is 17.6 Å². The SMILES string of the molecule is CCCCc1nc2c(N)[n+]([O-])c3ccccc3c2n1CCCCN. The standard InChI is InChI=1S/C18H25N5O/c1-2-3-10-15-21-16-17(22(15)12-7-6-11-19)13-8-4-5-9-14(13)23(24)18(16)20/h4-5,8-9H,2-3,6-7,10-12,19-20H2,1H3. The fourth-order valence-electron chi connectivity index (χ4n) is 3.21. The molecule has 0 saturated heterocycles. The summed E-state index contributed by atoms with van der Waals surface area (Å²) in [4.78, 5) is 4.73. The first kappa shape index (κ1) is 16.5. The Balaban J connectivity index is 2.25. The van der Waals surface area contributed by atoms with Gasteiger partial charge in [-0.1, -0.05) is 25.5 Å². The van der Waals surface area contributed by atoms with Crippen molar-refractivity contribution in [2.24, 2.45) is 5.73 Å². The Morgan fingerprint density at radius 2 is 2.00 bits per heavy atom. The van der Waals surface area contributed by atoms with Crippen LogP contribution in [0.15, 0.2) is 24.3 Å². The number of aromatic nitrogens is 3. The van der Waals surface area contributed by atoms with Gasteiger partial charge in [0, 0.05) is 18.4 Å². The molecule has 0 aliphatic heterocycles. The highest BCUT2D eigenvalue weighted by Gasteiger charge is 2.20. The van der Waals surface area contributed by atoms with E-state index < -0.39 is 0 Å². The average molecular weight is 327 g/mol. The molecule has 0 atom stereocenters. The van der Waals surface area contributed by atoms with E-state index in [1.807, 2.05) is 18.2 Å². The third kappa shape index (κ3) is 2.78. The minimum absolute atomic E-state index is 0.180. The molecule has 0 amide bonds. The summed E-state index contributed by atoms with van der Waals surface area (Å²) in [6.45, 7) is 3.69. The van der Waals surface area contributed by atoms with E-state index in [2.05, 4.69) is 11.5 Å². The van der Waals surface area contributed by atoms with Gasteiger partial charge in [-0.05, 0) is 37.9 Å². The summed E-state index contributed by atoms with van der Waals surface area (Å²) < 4.78 is 3.03. The minimum atomic E-state index is 0.180. The van der Waals surface area contributed by atoms with Crippen molar-refractivity contribution < 1.29 is 4.73 Å². The van der Waals surface area contributed by atoms with Crippen molar-refractivity contribution in [3.05, 3.63) is 35.3 Å². The van der Waals surface area contributed by atoms with Crippen molar-refractivity contribution in [1.82, 2.24) is 9.55 Å². The molecule has 6 heteroatoms. The Kier molecular flexibility index (Phi) is 4.85. The molecule has 3 rings (SSSR count). The van der Waals surface area contributed by atoms with E-state index in [-0.39, 0.29) is 5.82 Å². The number of nitrogen functional groups attached to an aromatic ring is 1. The summed E-state index contributed by atoms with van der Waals surface area (Å²) in [5, 5.41) is 13.4. The molecule has 0 aliphatic rings. The topological polar surface area (TPSA) is 96.8 Å². The average Bonchev–Trinajstić information content (AvgIpc) is 2.97. The normalized spacial score (nSPS) is 11.6. The van der Waals surface area contributed by atoms with Crippen molar-refractivity contribution in [3.8, 4) is 0 Å². The van der Waals surface area contributed by atoms with Crippen LogP contribution in [0.5, 0.6) is 0 Å². The van der Waals surface area contributed by atoms with Gasteiger partial charge in [0.15, 0.2) is 5.52 Å². The van der Waals surface area contributed by atoms with Crippen LogP contribution in [-0.2, 0) is 13.0 Å². The smallest absolute Gasteiger partial charge is 0.304 e. The predicted molar refractivity (Wildman–Crippen MR) is 97.5 cm³/mol. The lowest BCUT2D eigenvalue weighted by atomic mass is 10.1. The number of hydrogen-bond donors (Lipinski definition) is 2. The van der Waals surface area contributed by atoms with Crippen LogP contribution in [0.1, 0.15) is 38.4 Å². The number of nitrogens with two attached hydrogens (primary N) is 2. The van der Waals surface area contributed by atoms with Gasteiger partial charge in [0.25, 0.3) is 0 Å². The number of fused-ring (bicyclic) bond motifs is 3. The van der Waals surface area contributed by atoms with E-state index in [4.69, 9.17) is 16.5 Å². The number of pyridine rings is 1. The maximum atomic E-state index is 12.5. The molecule has 2 aromatic heterocycles. The first-order valence-corrected chi connectivity index (χ1v) is 8.68. The predicted octanol–water partition coefficient (Wildman–Crippen LogP) is 2.49. The quantitative estimate of drug-likeness (QED) is 0.396. The monoisotopic (exact) mass is 327 g/mol. The van der Waals surface area contributed by atoms with E-state index in [9.17, 15) is 5.21 Å². The van der Waals surface area contributed by atoms with Crippen LogP contribution in [0.4, 0.5) is 5.82 Å². The second-order valence-electron chi connectivity index (χ2n) is 6.17. The van der Waals surface area contributed by atoms with Crippen LogP contribution in [0.2, 0.25) is 0 Å². The number of imidazole rings is 1. The fraction of sp³-hybridized carbons (Fsp3) is 0.444. The van der Waals surface area contributed by atoms with Crippen LogP contribution >= 0.6 is 0 Å². The lowest BCUT2D eigenvalue weighted by molar-refractivity contribution is -0.559. The minimum Gasteiger partial charge on any atom is -0.710 e. The number of nitrogens with zero attached hydrogens (tertiary/aromatic N) is 3. The number of anilines is 1. The maximum Gasteiger partial charge on any atom is 0.304 e. The Morgan fingerprint density at radius 1 is 1.21 bits per heavy atom. The third-order valence-electron chi connectivity index (χ3n) is 4.48. The van der Waals surface area contributed by atoms with Crippen LogP contribution in [0, 0.1) is 5.21 Å². The summed E-state index contributed by atoms with van der Waals surface area (Å²) in [5.74, 6) is 1.19. The summed E-state index contributed by atoms with van der Waals surface area (Å²) in [7, 11) is 0. The summed E-state index contributed by atoms with van der Waals surface area (Å²) in [6.07, 6.45) is 5.01. The first-order valence-electron chi connectivity index (χ1n) is 8.68. The molecule has 4 N–H and O–H groups in total. The number of unbranched alkanes of at least 4 members (excludes halogenated alkanes) is 2. The molecule has 0 radical (unpaired) electrons. The summed E-state index contributed by atoms with van der Waals surface area (Å²) in [5.41, 5.74) is 13.9. The molecular formula is C18H25N5O. The molecule has 1 aromatic carbocycles. The molecule has 0 bridgehead atoms. The van der Waals surface area contributed by atoms with Crippen molar-refractivity contribution in [2.45, 2.75) is 45.6 Å². The lowest BCUT2D eigenvalue weighted by Crippen LogP contribution is -2.31. The Hall–Kier alpha value is -2.34. The Labute approximate surface area is 141 Å². The molecule has 0 aliphatic carbocycles. The molecule has 0 saturated carbocycles. The van der Waals surface area contributed by atoms with Gasteiger partial charge in [0.2, 0.25) is 0 Å². The lowest BCUT2D eigenvalue weighted by Gasteiger charge is -2.13. The molecule has 2 heterocycles. The molecule has 24 heavy (non-hydrogen) atoms. The largest absolute Gasteiger partial charge is 0.710 e. The van der Waals surface area contributed by atoms with Gasteiger partial charge in [0.1, 0.15) is 11.3 Å². The highest BCUT2D eigenvalue weighted by atomic mass is 16.5. The molecule has 0 spiro atoms. The molecule has 0 unspecified atom stereocenters. The highest BCUT2D eigenvalue weighted by Crippen LogP contribution is 2.28. The van der Waals surface area contributed by atoms with Crippen molar-refractivity contribution in [2.75, 3.05) is 12.3 Å². The second-order valence-corrected chi connectivity index (χ2v) is 6.17. The van der Waals surface area contributed by atoms with Gasteiger partial charge in [0.05, 0.1) is 5.52 Å². The van der Waals surface area contributed by atoms with Crippen LogP contribution in [0.25, 0.3) is 21.9 Å². The Bertz CT molecular complexity index is 856. The zero-order valence-corrected chi connectivity index (χ0v) is 14.2. The number of para-hydroxylation sites is 1. The summed E-state index contributed by atoms with van der Waals surface area (Å²) >= 11 is 0. The summed E-state index contributed by atoms with van der Waals surface area (Å²) in [6, 6.07) is 7.58. The number of aryl methyl sites for hydroxylation is 2. The van der Waals surface area contributed by atoms with Gasteiger partial charge >= 0.3 is 5.82 Å². The van der Waals surface area contributed by atoms with Gasteiger partial charge in [-0.25, -0.2) is 9.71 Å². The zero-order chi connectivity index (χ0) is 17.1. The molecule has 0 fully saturated rings. The van der Waals surface area contributed by atoms with E-state index in [1.54, 1.807) is 6.07 Å². The zero-order valence-electron chi connectivity index (χ0n) is 14.2. The molecule has 3 aromatic rings. The van der Waals surface area contributed by atoms with E-state index >= 15 is 0 Å². The van der Waals surface area contributed by atoms with E-state index in [0.717, 1.165) is 60.1 Å². The van der Waals surface area contributed by atoms with Crippen LogP contribution in [0.3, 0.4) is 0 Å². The van der Waals surface area contributed by atoms with Crippen LogP contribution < -0.4 is 16.2 Å². The Morgan fingerprint density at radius 3 is 2.75 bits per heavy atom. The van der Waals surface area contributed by atoms with Crippen molar-refractivity contribution >= 4 is 27.8 Å². The number of benzene rings is 1. The third-order valence-corrected chi connectivity index (χ3v) is 4.48. The van der Waals surface area contributed by atoms with Gasteiger partial charge in [-0.3, -0.25) is 5.73 Å². The first-order chi connectivity index (χ1) is 11.7. The number of hydrogen-bond acceptors (Lipinski definition) is 4.